The topological polar surface area (TPSA) is 12.4 Å². The number of rotatable bonds is 3. The molecule has 0 N–H and O–H groups in total. The highest BCUT2D eigenvalue weighted by atomic mass is 14.7. The van der Waals surface area contributed by atoms with Gasteiger partial charge >= 0.3 is 0 Å². The minimum absolute atomic E-state index is 0.909. The van der Waals surface area contributed by atoms with Crippen LogP contribution in [0.15, 0.2) is 17.1 Å². The number of aryl methyl sites for hydroxylation is 2. The molecule has 0 atom stereocenters. The molecule has 0 bridgehead atoms. The third-order valence-electron chi connectivity index (χ3n) is 3.52. The van der Waals surface area contributed by atoms with E-state index in [2.05, 4.69) is 31.0 Å². The van der Waals surface area contributed by atoms with Crippen molar-refractivity contribution in [3.63, 3.8) is 0 Å². The monoisotopic (exact) mass is 215 g/mol. The van der Waals surface area contributed by atoms with Crippen molar-refractivity contribution < 1.29 is 0 Å². The Labute approximate surface area is 98.6 Å². The maximum Gasteiger partial charge on any atom is 0.0686 e. The molecule has 1 aliphatic rings. The van der Waals surface area contributed by atoms with E-state index in [1.165, 1.54) is 48.1 Å². The van der Waals surface area contributed by atoms with E-state index in [0.29, 0.717) is 0 Å². The first-order chi connectivity index (χ1) is 7.70. The Balaban J connectivity index is 2.31. The molecule has 86 valence electrons. The van der Waals surface area contributed by atoms with Crippen molar-refractivity contribution in [2.75, 3.05) is 0 Å². The van der Waals surface area contributed by atoms with Crippen molar-refractivity contribution in [1.82, 2.24) is 0 Å². The number of nitrogens with zero attached hydrogens (tertiary/aromatic N) is 1. The lowest BCUT2D eigenvalue weighted by atomic mass is 9.80. The van der Waals surface area contributed by atoms with Gasteiger partial charge in [-0.25, -0.2) is 0 Å². The highest BCUT2D eigenvalue weighted by Crippen LogP contribution is 2.34. The SMILES string of the molecule is CC=Nc1c(C)cc(C)cc1CC1CCC1. The van der Waals surface area contributed by atoms with E-state index in [9.17, 15) is 0 Å². The highest BCUT2D eigenvalue weighted by Gasteiger charge is 2.19. The second kappa shape index (κ2) is 4.82. The molecule has 0 spiro atoms. The van der Waals surface area contributed by atoms with Crippen LogP contribution in [0.1, 0.15) is 42.9 Å². The van der Waals surface area contributed by atoms with Gasteiger partial charge in [0, 0.05) is 6.21 Å². The molecule has 0 saturated heterocycles. The predicted octanol–water partition coefficient (Wildman–Crippen LogP) is 4.37. The largest absolute Gasteiger partial charge is 0.261 e. The molecule has 16 heavy (non-hydrogen) atoms. The van der Waals surface area contributed by atoms with Crippen molar-refractivity contribution >= 4 is 11.9 Å². The third kappa shape index (κ3) is 2.34. The van der Waals surface area contributed by atoms with Gasteiger partial charge < -0.3 is 0 Å². The van der Waals surface area contributed by atoms with Gasteiger partial charge in [0.1, 0.15) is 0 Å². The van der Waals surface area contributed by atoms with Gasteiger partial charge in [0.25, 0.3) is 0 Å². The summed E-state index contributed by atoms with van der Waals surface area (Å²) >= 11 is 0. The Bertz CT molecular complexity index is 400. The van der Waals surface area contributed by atoms with Gasteiger partial charge in [-0.1, -0.05) is 37.0 Å². The lowest BCUT2D eigenvalue weighted by molar-refractivity contribution is 0.314. The van der Waals surface area contributed by atoms with Gasteiger partial charge in [-0.05, 0) is 44.2 Å². The first-order valence-corrected chi connectivity index (χ1v) is 6.29. The van der Waals surface area contributed by atoms with Crippen molar-refractivity contribution in [1.29, 1.82) is 0 Å². The summed E-state index contributed by atoms with van der Waals surface area (Å²) in [4.78, 5) is 4.53. The van der Waals surface area contributed by atoms with Gasteiger partial charge in [0.2, 0.25) is 0 Å². The Kier molecular flexibility index (Phi) is 3.42. The molecular formula is C15H21N. The molecule has 1 nitrogen and oxygen atoms in total. The average Bonchev–Trinajstić information content (AvgIpc) is 2.16. The third-order valence-corrected chi connectivity index (χ3v) is 3.52. The molecule has 1 aromatic carbocycles. The lowest BCUT2D eigenvalue weighted by Crippen LogP contribution is -2.14. The van der Waals surface area contributed by atoms with Crippen LogP contribution in [-0.4, -0.2) is 6.21 Å². The molecule has 0 radical (unpaired) electrons. The van der Waals surface area contributed by atoms with Gasteiger partial charge in [-0.15, -0.1) is 0 Å². The number of aliphatic imine (C=N–C) groups is 1. The van der Waals surface area contributed by atoms with E-state index in [4.69, 9.17) is 0 Å². The molecule has 1 fully saturated rings. The highest BCUT2D eigenvalue weighted by molar-refractivity contribution is 5.65. The summed E-state index contributed by atoms with van der Waals surface area (Å²) in [5.41, 5.74) is 5.33. The van der Waals surface area contributed by atoms with Crippen LogP contribution in [0.3, 0.4) is 0 Å². The van der Waals surface area contributed by atoms with E-state index in [1.807, 2.05) is 13.1 Å². The summed E-state index contributed by atoms with van der Waals surface area (Å²) in [7, 11) is 0. The molecular weight excluding hydrogens is 194 g/mol. The molecule has 0 heterocycles. The summed E-state index contributed by atoms with van der Waals surface area (Å²) in [6.07, 6.45) is 7.35. The van der Waals surface area contributed by atoms with E-state index in [1.54, 1.807) is 0 Å². The first kappa shape index (κ1) is 11.4. The number of benzene rings is 1. The van der Waals surface area contributed by atoms with Gasteiger partial charge in [-0.3, -0.25) is 4.99 Å². The molecule has 1 aliphatic carbocycles. The van der Waals surface area contributed by atoms with Crippen LogP contribution in [0.25, 0.3) is 0 Å². The summed E-state index contributed by atoms with van der Waals surface area (Å²) in [6.45, 7) is 6.34. The Morgan fingerprint density at radius 2 is 2.06 bits per heavy atom. The summed E-state index contributed by atoms with van der Waals surface area (Å²) in [5.74, 6) is 0.909. The first-order valence-electron chi connectivity index (χ1n) is 6.29. The second-order valence-electron chi connectivity index (χ2n) is 4.98. The van der Waals surface area contributed by atoms with Crippen LogP contribution < -0.4 is 0 Å². The quantitative estimate of drug-likeness (QED) is 0.664. The average molecular weight is 215 g/mol. The van der Waals surface area contributed by atoms with E-state index >= 15 is 0 Å². The zero-order valence-corrected chi connectivity index (χ0v) is 10.6. The molecule has 0 amide bonds. The molecule has 1 saturated carbocycles. The van der Waals surface area contributed by atoms with Crippen LogP contribution in [0.4, 0.5) is 5.69 Å². The Morgan fingerprint density at radius 1 is 1.31 bits per heavy atom. The van der Waals surface area contributed by atoms with Crippen LogP contribution in [0.5, 0.6) is 0 Å². The van der Waals surface area contributed by atoms with E-state index in [0.717, 1.165) is 5.92 Å². The molecule has 2 rings (SSSR count). The Morgan fingerprint density at radius 3 is 2.62 bits per heavy atom. The summed E-state index contributed by atoms with van der Waals surface area (Å²) in [5, 5.41) is 0. The number of hydrogen-bond donors (Lipinski definition) is 0. The minimum atomic E-state index is 0.909. The van der Waals surface area contributed by atoms with Crippen LogP contribution in [0, 0.1) is 19.8 Å². The smallest absolute Gasteiger partial charge is 0.0686 e. The van der Waals surface area contributed by atoms with E-state index < -0.39 is 0 Å². The van der Waals surface area contributed by atoms with Crippen molar-refractivity contribution in [3.8, 4) is 0 Å². The van der Waals surface area contributed by atoms with Gasteiger partial charge in [0.15, 0.2) is 0 Å². The molecule has 0 aromatic heterocycles. The van der Waals surface area contributed by atoms with Crippen molar-refractivity contribution in [2.45, 2.75) is 46.5 Å². The van der Waals surface area contributed by atoms with Crippen LogP contribution in [-0.2, 0) is 6.42 Å². The predicted molar refractivity (Wildman–Crippen MR) is 70.8 cm³/mol. The fraction of sp³-hybridized carbons (Fsp3) is 0.533. The second-order valence-corrected chi connectivity index (χ2v) is 4.98. The maximum absolute atomic E-state index is 4.53. The molecule has 0 unspecified atom stereocenters. The van der Waals surface area contributed by atoms with Gasteiger partial charge in [0.05, 0.1) is 5.69 Å². The molecule has 0 aliphatic heterocycles. The zero-order valence-electron chi connectivity index (χ0n) is 10.6. The zero-order chi connectivity index (χ0) is 11.5. The minimum Gasteiger partial charge on any atom is -0.261 e. The fourth-order valence-corrected chi connectivity index (χ4v) is 2.53. The normalized spacial score (nSPS) is 16.7. The summed E-state index contributed by atoms with van der Waals surface area (Å²) in [6, 6.07) is 4.54. The Hall–Kier alpha value is -1.11. The fourth-order valence-electron chi connectivity index (χ4n) is 2.53. The maximum atomic E-state index is 4.53. The standard InChI is InChI=1S/C15H21N/c1-4-16-15-12(3)8-11(2)9-14(15)10-13-6-5-7-13/h4,8-9,13H,5-7,10H2,1-3H3. The summed E-state index contributed by atoms with van der Waals surface area (Å²) < 4.78 is 0. The van der Waals surface area contributed by atoms with Crippen molar-refractivity contribution in [2.24, 2.45) is 10.9 Å². The van der Waals surface area contributed by atoms with Crippen molar-refractivity contribution in [3.05, 3.63) is 28.8 Å². The number of hydrogen-bond acceptors (Lipinski definition) is 1. The molecule has 1 aromatic rings. The molecule has 1 heteroatoms. The van der Waals surface area contributed by atoms with Crippen LogP contribution >= 0.6 is 0 Å². The van der Waals surface area contributed by atoms with Crippen LogP contribution in [0.2, 0.25) is 0 Å². The van der Waals surface area contributed by atoms with E-state index in [-0.39, 0.29) is 0 Å². The lowest BCUT2D eigenvalue weighted by Gasteiger charge is -2.26. The van der Waals surface area contributed by atoms with Gasteiger partial charge in [-0.2, -0.15) is 0 Å².